The van der Waals surface area contributed by atoms with Gasteiger partial charge in [0.1, 0.15) is 6.04 Å². The summed E-state index contributed by atoms with van der Waals surface area (Å²) in [6, 6.07) is 10.4. The third-order valence-corrected chi connectivity index (χ3v) is 6.04. The lowest BCUT2D eigenvalue weighted by molar-refractivity contribution is -0.125. The molecule has 0 spiro atoms. The summed E-state index contributed by atoms with van der Waals surface area (Å²) in [5.74, 6) is 1.72. The number of carbonyl (C=O) groups excluding carboxylic acids is 2. The summed E-state index contributed by atoms with van der Waals surface area (Å²) in [7, 11) is 0. The molecule has 1 saturated carbocycles. The van der Waals surface area contributed by atoms with Gasteiger partial charge in [0, 0.05) is 11.8 Å². The van der Waals surface area contributed by atoms with Gasteiger partial charge in [-0.15, -0.1) is 11.8 Å². The normalized spacial score (nSPS) is 26.3. The predicted octanol–water partition coefficient (Wildman–Crippen LogP) is 3.36. The fraction of sp³-hybridized carbons (Fsp3) is 0.579. The number of hydrogen-bond acceptors (Lipinski definition) is 4. The highest BCUT2D eigenvalue weighted by atomic mass is 32.2. The summed E-state index contributed by atoms with van der Waals surface area (Å²) in [5.41, 5.74) is 1.40. The van der Waals surface area contributed by atoms with Gasteiger partial charge in [0.2, 0.25) is 5.91 Å². The Balaban J connectivity index is 1.50. The highest BCUT2D eigenvalue weighted by molar-refractivity contribution is 7.99. The van der Waals surface area contributed by atoms with Crippen LogP contribution in [0.15, 0.2) is 30.3 Å². The van der Waals surface area contributed by atoms with Crippen LogP contribution in [0.1, 0.15) is 44.1 Å². The summed E-state index contributed by atoms with van der Waals surface area (Å²) in [6.45, 7) is 2.11. The summed E-state index contributed by atoms with van der Waals surface area (Å²) < 4.78 is 5.05. The lowest BCUT2D eigenvalue weighted by Gasteiger charge is -2.31. The average Bonchev–Trinajstić information content (AvgIpc) is 3.13. The van der Waals surface area contributed by atoms with E-state index in [1.807, 2.05) is 6.07 Å². The first-order valence-electron chi connectivity index (χ1n) is 9.05. The van der Waals surface area contributed by atoms with Crippen molar-refractivity contribution < 1.29 is 14.3 Å². The van der Waals surface area contributed by atoms with Crippen molar-refractivity contribution in [3.8, 4) is 0 Å². The molecule has 1 atom stereocenters. The molecule has 0 aromatic heterocycles. The van der Waals surface area contributed by atoms with E-state index in [0.717, 1.165) is 25.7 Å². The molecule has 25 heavy (non-hydrogen) atoms. The van der Waals surface area contributed by atoms with E-state index in [0.29, 0.717) is 24.2 Å². The van der Waals surface area contributed by atoms with Crippen molar-refractivity contribution in [2.45, 2.75) is 50.6 Å². The maximum Gasteiger partial charge on any atom is 0.411 e. The molecule has 1 aliphatic heterocycles. The van der Waals surface area contributed by atoms with Gasteiger partial charge in [-0.1, -0.05) is 30.3 Å². The van der Waals surface area contributed by atoms with Gasteiger partial charge in [0.25, 0.3) is 0 Å². The fourth-order valence-corrected chi connectivity index (χ4v) is 4.78. The average molecular weight is 362 g/mol. The minimum atomic E-state index is -0.407. The van der Waals surface area contributed by atoms with Gasteiger partial charge in [-0.25, -0.2) is 4.79 Å². The zero-order valence-electron chi connectivity index (χ0n) is 14.6. The molecule has 1 aromatic carbocycles. The Morgan fingerprint density at radius 1 is 1.20 bits per heavy atom. The van der Waals surface area contributed by atoms with Crippen molar-refractivity contribution in [1.29, 1.82) is 0 Å². The molecule has 2 aliphatic rings. The summed E-state index contributed by atoms with van der Waals surface area (Å²) in [5, 5.41) is 3.16. The Morgan fingerprint density at radius 3 is 2.60 bits per heavy atom. The second-order valence-electron chi connectivity index (χ2n) is 6.65. The Bertz CT molecular complexity index is 588. The Morgan fingerprint density at radius 2 is 1.92 bits per heavy atom. The van der Waals surface area contributed by atoms with Gasteiger partial charge >= 0.3 is 6.09 Å². The van der Waals surface area contributed by atoms with E-state index < -0.39 is 6.04 Å². The molecule has 1 heterocycles. The van der Waals surface area contributed by atoms with Crippen LogP contribution in [-0.2, 0) is 9.53 Å². The van der Waals surface area contributed by atoms with E-state index in [4.69, 9.17) is 4.74 Å². The molecule has 2 amide bonds. The zero-order valence-corrected chi connectivity index (χ0v) is 15.5. The highest BCUT2D eigenvalue weighted by Gasteiger charge is 2.36. The zero-order chi connectivity index (χ0) is 17.6. The number of carbonyl (C=O) groups is 2. The molecule has 1 N–H and O–H groups in total. The minimum absolute atomic E-state index is 0.0405. The van der Waals surface area contributed by atoms with Crippen molar-refractivity contribution in [3.05, 3.63) is 35.9 Å². The Labute approximate surface area is 153 Å². The van der Waals surface area contributed by atoms with Crippen molar-refractivity contribution in [1.82, 2.24) is 10.2 Å². The lowest BCUT2D eigenvalue weighted by atomic mass is 9.82. The third-order valence-electron chi connectivity index (χ3n) is 5.03. The first-order chi connectivity index (χ1) is 12.2. The van der Waals surface area contributed by atoms with E-state index in [1.54, 1.807) is 23.6 Å². The van der Waals surface area contributed by atoms with Crippen LogP contribution in [0.25, 0.3) is 0 Å². The molecular weight excluding hydrogens is 336 g/mol. The molecule has 0 radical (unpaired) electrons. The highest BCUT2D eigenvalue weighted by Crippen LogP contribution is 2.33. The number of ether oxygens (including phenoxy) is 1. The Hall–Kier alpha value is -1.69. The Kier molecular flexibility index (Phi) is 6.24. The number of nitrogens with one attached hydrogen (secondary N) is 1. The molecule has 1 aliphatic carbocycles. The molecule has 6 heteroatoms. The maximum atomic E-state index is 12.6. The van der Waals surface area contributed by atoms with Gasteiger partial charge < -0.3 is 10.1 Å². The van der Waals surface area contributed by atoms with Crippen LogP contribution in [0.4, 0.5) is 4.79 Å². The van der Waals surface area contributed by atoms with Crippen LogP contribution < -0.4 is 5.32 Å². The van der Waals surface area contributed by atoms with Gasteiger partial charge in [0.15, 0.2) is 0 Å². The van der Waals surface area contributed by atoms with Crippen LogP contribution in [0.2, 0.25) is 0 Å². The maximum absolute atomic E-state index is 12.6. The summed E-state index contributed by atoms with van der Waals surface area (Å²) >= 11 is 1.60. The van der Waals surface area contributed by atoms with Crippen molar-refractivity contribution in [3.63, 3.8) is 0 Å². The number of benzene rings is 1. The van der Waals surface area contributed by atoms with Crippen LogP contribution in [-0.4, -0.2) is 47.2 Å². The minimum Gasteiger partial charge on any atom is -0.450 e. The second kappa shape index (κ2) is 8.61. The SMILES string of the molecule is CCOC(=O)N1CSCC1C(=O)NC1CCC(c2ccccc2)CC1. The van der Waals surface area contributed by atoms with Crippen molar-refractivity contribution in [2.24, 2.45) is 0 Å². The van der Waals surface area contributed by atoms with E-state index >= 15 is 0 Å². The van der Waals surface area contributed by atoms with Crippen molar-refractivity contribution >= 4 is 23.8 Å². The van der Waals surface area contributed by atoms with Gasteiger partial charge in [0.05, 0.1) is 12.5 Å². The predicted molar refractivity (Wildman–Crippen MR) is 99.6 cm³/mol. The molecule has 2 fully saturated rings. The van der Waals surface area contributed by atoms with Crippen molar-refractivity contribution in [2.75, 3.05) is 18.2 Å². The molecule has 3 rings (SSSR count). The van der Waals surface area contributed by atoms with Crippen LogP contribution in [0.3, 0.4) is 0 Å². The fourth-order valence-electron chi connectivity index (χ4n) is 3.64. The number of hydrogen-bond donors (Lipinski definition) is 1. The third kappa shape index (κ3) is 4.48. The van der Waals surface area contributed by atoms with Gasteiger partial charge in [-0.05, 0) is 44.1 Å². The monoisotopic (exact) mass is 362 g/mol. The summed E-state index contributed by atoms with van der Waals surface area (Å²) in [4.78, 5) is 26.1. The topological polar surface area (TPSA) is 58.6 Å². The van der Waals surface area contributed by atoms with Crippen LogP contribution in [0, 0.1) is 0 Å². The molecule has 1 aromatic rings. The molecule has 136 valence electrons. The largest absolute Gasteiger partial charge is 0.450 e. The molecule has 1 unspecified atom stereocenters. The number of amides is 2. The summed E-state index contributed by atoms with van der Waals surface area (Å²) in [6.07, 6.45) is 3.78. The van der Waals surface area contributed by atoms with Gasteiger partial charge in [-0.2, -0.15) is 0 Å². The number of nitrogens with zero attached hydrogens (tertiary/aromatic N) is 1. The molecule has 0 bridgehead atoms. The van der Waals surface area contributed by atoms with E-state index in [1.165, 1.54) is 5.56 Å². The first-order valence-corrected chi connectivity index (χ1v) is 10.2. The standard InChI is InChI=1S/C19H26N2O3S/c1-2-24-19(23)21-13-25-12-17(21)18(22)20-16-10-8-15(9-11-16)14-6-4-3-5-7-14/h3-7,15-17H,2,8-13H2,1H3,(H,20,22). The van der Waals surface area contributed by atoms with E-state index in [2.05, 4.69) is 29.6 Å². The number of rotatable bonds is 4. The smallest absolute Gasteiger partial charge is 0.411 e. The molecule has 1 saturated heterocycles. The second-order valence-corrected chi connectivity index (χ2v) is 7.65. The number of thioether (sulfide) groups is 1. The van der Waals surface area contributed by atoms with Gasteiger partial charge in [-0.3, -0.25) is 9.69 Å². The van der Waals surface area contributed by atoms with E-state index in [-0.39, 0.29) is 18.0 Å². The van der Waals surface area contributed by atoms with E-state index in [9.17, 15) is 9.59 Å². The molecule has 5 nitrogen and oxygen atoms in total. The molecular formula is C19H26N2O3S. The van der Waals surface area contributed by atoms with Crippen LogP contribution in [0.5, 0.6) is 0 Å². The van der Waals surface area contributed by atoms with Crippen LogP contribution >= 0.6 is 11.8 Å². The lowest BCUT2D eigenvalue weighted by Crippen LogP contribution is -2.50. The first kappa shape index (κ1) is 18.1. The quantitative estimate of drug-likeness (QED) is 0.892.